The van der Waals surface area contributed by atoms with E-state index in [2.05, 4.69) is 5.32 Å². The molecule has 0 unspecified atom stereocenters. The SMILES string of the molecule is Cn1c(NC(=O)c2ccc(Cl)cc2)c(-c2ccc3c(c2)OCO3)c(=O)c2ccccc21. The van der Waals surface area contributed by atoms with Crippen LogP contribution in [0, 0.1) is 0 Å². The van der Waals surface area contributed by atoms with Crippen LogP contribution in [0.1, 0.15) is 10.4 Å². The number of carbonyl (C=O) groups excluding carboxylic acids is 1. The third-order valence-corrected chi connectivity index (χ3v) is 5.56. The predicted molar refractivity (Wildman–Crippen MR) is 120 cm³/mol. The molecule has 1 N–H and O–H groups in total. The molecule has 1 aliphatic rings. The lowest BCUT2D eigenvalue weighted by atomic mass is 10.0. The van der Waals surface area contributed by atoms with Crippen LogP contribution in [-0.2, 0) is 7.05 Å². The first-order chi connectivity index (χ1) is 15.0. The summed E-state index contributed by atoms with van der Waals surface area (Å²) in [5.74, 6) is 1.22. The minimum Gasteiger partial charge on any atom is -0.454 e. The summed E-state index contributed by atoms with van der Waals surface area (Å²) < 4.78 is 12.7. The highest BCUT2D eigenvalue weighted by Crippen LogP contribution is 2.37. The second-order valence-corrected chi connectivity index (χ2v) is 7.59. The number of nitrogens with zero attached hydrogens (tertiary/aromatic N) is 1. The summed E-state index contributed by atoms with van der Waals surface area (Å²) in [6.07, 6.45) is 0. The molecule has 0 aliphatic carbocycles. The number of aromatic nitrogens is 1. The van der Waals surface area contributed by atoms with Gasteiger partial charge in [-0.3, -0.25) is 9.59 Å². The monoisotopic (exact) mass is 432 g/mol. The van der Waals surface area contributed by atoms with Crippen molar-refractivity contribution in [1.29, 1.82) is 0 Å². The number of pyridine rings is 1. The highest BCUT2D eigenvalue weighted by molar-refractivity contribution is 6.30. The summed E-state index contributed by atoms with van der Waals surface area (Å²) in [5, 5.41) is 4.02. The second kappa shape index (κ2) is 7.49. The molecule has 3 aromatic carbocycles. The van der Waals surface area contributed by atoms with Gasteiger partial charge in [0.2, 0.25) is 6.79 Å². The standard InChI is InChI=1S/C24H17ClN2O4/c1-27-18-5-3-2-4-17(18)22(28)21(15-8-11-19-20(12-15)31-13-30-19)23(27)26-24(29)14-6-9-16(25)10-7-14/h2-12H,13H2,1H3,(H,26,29). The number of hydrogen-bond acceptors (Lipinski definition) is 4. The Balaban J connectivity index is 1.71. The molecule has 0 bridgehead atoms. The van der Waals surface area contributed by atoms with E-state index in [1.165, 1.54) is 0 Å². The maximum Gasteiger partial charge on any atom is 0.256 e. The quantitative estimate of drug-likeness (QED) is 0.503. The molecular formula is C24H17ClN2O4. The van der Waals surface area contributed by atoms with Crippen LogP contribution in [0.3, 0.4) is 0 Å². The Morgan fingerprint density at radius 1 is 1.00 bits per heavy atom. The minimum absolute atomic E-state index is 0.134. The second-order valence-electron chi connectivity index (χ2n) is 7.16. The van der Waals surface area contributed by atoms with Gasteiger partial charge in [-0.25, -0.2) is 0 Å². The Labute approximate surface area is 182 Å². The Morgan fingerprint density at radius 2 is 1.74 bits per heavy atom. The van der Waals surface area contributed by atoms with Crippen LogP contribution >= 0.6 is 11.6 Å². The number of ether oxygens (including phenoxy) is 2. The number of rotatable bonds is 3. The van der Waals surface area contributed by atoms with Crippen molar-refractivity contribution in [3.63, 3.8) is 0 Å². The zero-order valence-corrected chi connectivity index (χ0v) is 17.3. The molecule has 2 heterocycles. The van der Waals surface area contributed by atoms with Crippen molar-refractivity contribution in [3.8, 4) is 22.6 Å². The van der Waals surface area contributed by atoms with E-state index in [0.717, 1.165) is 0 Å². The van der Waals surface area contributed by atoms with Gasteiger partial charge in [0.05, 0.1) is 11.1 Å². The van der Waals surface area contributed by atoms with Crippen LogP contribution < -0.4 is 20.2 Å². The van der Waals surface area contributed by atoms with Crippen LogP contribution in [0.25, 0.3) is 22.0 Å². The van der Waals surface area contributed by atoms with Gasteiger partial charge in [0.25, 0.3) is 5.91 Å². The van der Waals surface area contributed by atoms with Gasteiger partial charge in [-0.15, -0.1) is 0 Å². The number of aryl methyl sites for hydroxylation is 1. The number of para-hydroxylation sites is 1. The molecule has 5 rings (SSSR count). The van der Waals surface area contributed by atoms with Crippen molar-refractivity contribution < 1.29 is 14.3 Å². The van der Waals surface area contributed by atoms with E-state index in [9.17, 15) is 9.59 Å². The number of benzene rings is 3. The van der Waals surface area contributed by atoms with Gasteiger partial charge in [0, 0.05) is 23.0 Å². The molecule has 0 saturated carbocycles. The maximum absolute atomic E-state index is 13.5. The lowest BCUT2D eigenvalue weighted by Crippen LogP contribution is -2.21. The number of anilines is 1. The van der Waals surface area contributed by atoms with E-state index < -0.39 is 0 Å². The van der Waals surface area contributed by atoms with Crippen LogP contribution in [0.4, 0.5) is 5.82 Å². The van der Waals surface area contributed by atoms with E-state index in [4.69, 9.17) is 21.1 Å². The molecule has 0 saturated heterocycles. The summed E-state index contributed by atoms with van der Waals surface area (Å²) >= 11 is 5.94. The number of halogens is 1. The van der Waals surface area contributed by atoms with Crippen molar-refractivity contribution in [2.24, 2.45) is 7.05 Å². The molecule has 0 fully saturated rings. The molecule has 6 nitrogen and oxygen atoms in total. The number of amides is 1. The van der Waals surface area contributed by atoms with E-state index in [0.29, 0.717) is 49.9 Å². The summed E-state index contributed by atoms with van der Waals surface area (Å²) in [7, 11) is 1.82. The number of nitrogens with one attached hydrogen (secondary N) is 1. The Hall–Kier alpha value is -3.77. The fraction of sp³-hybridized carbons (Fsp3) is 0.0833. The molecule has 7 heteroatoms. The molecule has 1 amide bonds. The van der Waals surface area contributed by atoms with Crippen molar-refractivity contribution in [2.75, 3.05) is 12.1 Å². The molecule has 0 atom stereocenters. The largest absolute Gasteiger partial charge is 0.454 e. The van der Waals surface area contributed by atoms with Crippen LogP contribution in [0.2, 0.25) is 5.02 Å². The van der Waals surface area contributed by atoms with Crippen molar-refractivity contribution >= 4 is 34.2 Å². The number of carbonyl (C=O) groups is 1. The molecule has 4 aromatic rings. The fourth-order valence-corrected chi connectivity index (χ4v) is 3.86. The van der Waals surface area contributed by atoms with Crippen LogP contribution in [-0.4, -0.2) is 17.3 Å². The van der Waals surface area contributed by atoms with Gasteiger partial charge in [-0.05, 0) is 54.1 Å². The first-order valence-corrected chi connectivity index (χ1v) is 9.99. The molecule has 154 valence electrons. The van der Waals surface area contributed by atoms with Crippen LogP contribution in [0.5, 0.6) is 11.5 Å². The normalized spacial score (nSPS) is 12.2. The van der Waals surface area contributed by atoms with E-state index in [-0.39, 0.29) is 18.1 Å². The summed E-state index contributed by atoms with van der Waals surface area (Å²) in [4.78, 5) is 26.5. The first-order valence-electron chi connectivity index (χ1n) is 9.61. The molecule has 1 aromatic heterocycles. The van der Waals surface area contributed by atoms with Crippen LogP contribution in [0.15, 0.2) is 71.5 Å². The zero-order chi connectivity index (χ0) is 21.5. The highest BCUT2D eigenvalue weighted by Gasteiger charge is 2.22. The van der Waals surface area contributed by atoms with Crippen molar-refractivity contribution in [3.05, 3.63) is 87.5 Å². The fourth-order valence-electron chi connectivity index (χ4n) is 3.74. The third kappa shape index (κ3) is 3.31. The van der Waals surface area contributed by atoms with Gasteiger partial charge in [0.15, 0.2) is 16.9 Å². The van der Waals surface area contributed by atoms with E-state index >= 15 is 0 Å². The summed E-state index contributed by atoms with van der Waals surface area (Å²) in [6.45, 7) is 0.134. The van der Waals surface area contributed by atoms with Gasteiger partial charge in [0.1, 0.15) is 5.82 Å². The van der Waals surface area contributed by atoms with Crippen molar-refractivity contribution in [2.45, 2.75) is 0 Å². The number of hydrogen-bond donors (Lipinski definition) is 1. The Bertz CT molecular complexity index is 1390. The maximum atomic E-state index is 13.5. The Kier molecular flexibility index (Phi) is 4.64. The molecule has 0 radical (unpaired) electrons. The Morgan fingerprint density at radius 3 is 2.55 bits per heavy atom. The van der Waals surface area contributed by atoms with E-state index in [1.807, 2.05) is 29.8 Å². The van der Waals surface area contributed by atoms with Crippen molar-refractivity contribution in [1.82, 2.24) is 4.57 Å². The molecular weight excluding hydrogens is 416 g/mol. The smallest absolute Gasteiger partial charge is 0.256 e. The zero-order valence-electron chi connectivity index (χ0n) is 16.5. The lowest BCUT2D eigenvalue weighted by Gasteiger charge is -2.18. The number of fused-ring (bicyclic) bond motifs is 2. The average molecular weight is 433 g/mol. The average Bonchev–Trinajstić information content (AvgIpc) is 3.26. The minimum atomic E-state index is -0.344. The van der Waals surface area contributed by atoms with Gasteiger partial charge >= 0.3 is 0 Å². The molecule has 1 aliphatic heterocycles. The third-order valence-electron chi connectivity index (χ3n) is 5.31. The van der Waals surface area contributed by atoms with Gasteiger partial charge < -0.3 is 19.4 Å². The van der Waals surface area contributed by atoms with E-state index in [1.54, 1.807) is 48.5 Å². The first kappa shape index (κ1) is 19.2. The van der Waals surface area contributed by atoms with Gasteiger partial charge in [-0.1, -0.05) is 29.8 Å². The molecule has 31 heavy (non-hydrogen) atoms. The molecule has 0 spiro atoms. The summed E-state index contributed by atoms with van der Waals surface area (Å²) in [6, 6.07) is 19.2. The highest BCUT2D eigenvalue weighted by atomic mass is 35.5. The lowest BCUT2D eigenvalue weighted by molar-refractivity contribution is 0.102. The summed E-state index contributed by atoms with van der Waals surface area (Å²) in [5.41, 5.74) is 1.97. The topological polar surface area (TPSA) is 69.6 Å². The van der Waals surface area contributed by atoms with Gasteiger partial charge in [-0.2, -0.15) is 0 Å². The predicted octanol–water partition coefficient (Wildman–Crippen LogP) is 4.84.